The van der Waals surface area contributed by atoms with Crippen LogP contribution >= 0.6 is 11.3 Å². The van der Waals surface area contributed by atoms with Gasteiger partial charge in [0.25, 0.3) is 0 Å². The molecule has 20 heavy (non-hydrogen) atoms. The first kappa shape index (κ1) is 12.6. The molecule has 0 radical (unpaired) electrons. The number of thiazole rings is 1. The number of methoxy groups -OCH3 is 1. The number of carbonyl (C=O) groups excluding carboxylic acids is 1. The number of ether oxygens (including phenoxy) is 1. The van der Waals surface area contributed by atoms with Crippen LogP contribution in [0.2, 0.25) is 0 Å². The molecule has 3 rings (SSSR count). The number of rotatable bonds is 3. The van der Waals surface area contributed by atoms with E-state index in [1.807, 2.05) is 30.3 Å². The van der Waals surface area contributed by atoms with E-state index in [0.29, 0.717) is 5.56 Å². The highest BCUT2D eigenvalue weighted by Crippen LogP contribution is 2.23. The Labute approximate surface area is 119 Å². The first-order valence-electron chi connectivity index (χ1n) is 5.97. The van der Waals surface area contributed by atoms with Crippen molar-refractivity contribution < 1.29 is 13.9 Å². The van der Waals surface area contributed by atoms with Gasteiger partial charge in [-0.25, -0.2) is 9.78 Å². The Kier molecular flexibility index (Phi) is 3.35. The molecule has 0 unspecified atom stereocenters. The zero-order valence-corrected chi connectivity index (χ0v) is 11.5. The number of hydrogen-bond donors (Lipinski definition) is 0. The van der Waals surface area contributed by atoms with Gasteiger partial charge in [-0.3, -0.25) is 0 Å². The van der Waals surface area contributed by atoms with Crippen molar-refractivity contribution in [2.75, 3.05) is 7.11 Å². The third-order valence-electron chi connectivity index (χ3n) is 2.78. The number of nitrogens with zero attached hydrogens (tertiary/aromatic N) is 1. The lowest BCUT2D eigenvalue weighted by atomic mass is 10.2. The number of para-hydroxylation sites is 1. The smallest absolute Gasteiger partial charge is 0.374 e. The maximum atomic E-state index is 11.5. The highest BCUT2D eigenvalue weighted by Gasteiger charge is 2.13. The number of furan rings is 1. The van der Waals surface area contributed by atoms with Crippen molar-refractivity contribution in [2.45, 2.75) is 0 Å². The molecule has 0 aliphatic carbocycles. The lowest BCUT2D eigenvalue weighted by molar-refractivity contribution is 0.0565. The minimum Gasteiger partial charge on any atom is -0.463 e. The van der Waals surface area contributed by atoms with Crippen molar-refractivity contribution in [3.05, 3.63) is 52.9 Å². The van der Waals surface area contributed by atoms with Gasteiger partial charge >= 0.3 is 5.97 Å². The van der Waals surface area contributed by atoms with Crippen LogP contribution in [-0.2, 0) is 4.74 Å². The Morgan fingerprint density at radius 3 is 2.95 bits per heavy atom. The molecule has 2 heterocycles. The predicted octanol–water partition coefficient (Wildman–Crippen LogP) is 3.85. The molecule has 0 atom stereocenters. The molecule has 0 fully saturated rings. The third kappa shape index (κ3) is 2.35. The van der Waals surface area contributed by atoms with E-state index in [-0.39, 0.29) is 5.76 Å². The van der Waals surface area contributed by atoms with Crippen molar-refractivity contribution in [3.8, 4) is 0 Å². The summed E-state index contributed by atoms with van der Waals surface area (Å²) in [6.07, 6.45) is 5.12. The number of hydrogen-bond acceptors (Lipinski definition) is 5. The molecule has 0 saturated carbocycles. The number of fused-ring (bicyclic) bond motifs is 1. The number of benzene rings is 1. The summed E-state index contributed by atoms with van der Waals surface area (Å²) < 4.78 is 10.9. The van der Waals surface area contributed by atoms with Crippen LogP contribution in [0.15, 0.2) is 41.0 Å². The van der Waals surface area contributed by atoms with E-state index < -0.39 is 5.97 Å². The molecular formula is C15H11NO3S. The van der Waals surface area contributed by atoms with E-state index in [1.54, 1.807) is 23.5 Å². The van der Waals surface area contributed by atoms with E-state index in [9.17, 15) is 4.79 Å². The van der Waals surface area contributed by atoms with E-state index >= 15 is 0 Å². The highest BCUT2D eigenvalue weighted by atomic mass is 32.1. The summed E-state index contributed by atoms with van der Waals surface area (Å²) in [6.45, 7) is 0. The molecule has 0 saturated heterocycles. The summed E-state index contributed by atoms with van der Waals surface area (Å²) in [5.74, 6) is -0.288. The molecule has 4 nitrogen and oxygen atoms in total. The minimum absolute atomic E-state index is 0.199. The van der Waals surface area contributed by atoms with Gasteiger partial charge in [-0.05, 0) is 30.4 Å². The fraction of sp³-hybridized carbons (Fsp3) is 0.0667. The van der Waals surface area contributed by atoms with Crippen LogP contribution in [0.3, 0.4) is 0 Å². The van der Waals surface area contributed by atoms with Gasteiger partial charge in [0.1, 0.15) is 5.01 Å². The summed E-state index contributed by atoms with van der Waals surface area (Å²) in [6, 6.07) is 9.67. The number of aromatic nitrogens is 1. The molecule has 1 aromatic carbocycles. The molecule has 0 aliphatic heterocycles. The van der Waals surface area contributed by atoms with Gasteiger partial charge in [0.05, 0.1) is 23.6 Å². The summed E-state index contributed by atoms with van der Waals surface area (Å²) in [5, 5.41) is 0.878. The lowest BCUT2D eigenvalue weighted by Gasteiger charge is -1.95. The number of carbonyl (C=O) groups is 1. The van der Waals surface area contributed by atoms with E-state index in [4.69, 9.17) is 4.42 Å². The van der Waals surface area contributed by atoms with E-state index in [1.165, 1.54) is 13.4 Å². The fourth-order valence-electron chi connectivity index (χ4n) is 1.83. The van der Waals surface area contributed by atoms with Gasteiger partial charge in [-0.15, -0.1) is 11.3 Å². The number of esters is 1. The van der Waals surface area contributed by atoms with Crippen LogP contribution in [0.4, 0.5) is 0 Å². The van der Waals surface area contributed by atoms with Crippen LogP contribution < -0.4 is 0 Å². The first-order chi connectivity index (χ1) is 9.78. The highest BCUT2D eigenvalue weighted by molar-refractivity contribution is 7.19. The molecular weight excluding hydrogens is 274 g/mol. The second-order valence-corrected chi connectivity index (χ2v) is 5.11. The summed E-state index contributed by atoms with van der Waals surface area (Å²) >= 11 is 1.59. The van der Waals surface area contributed by atoms with Crippen LogP contribution in [0.25, 0.3) is 22.4 Å². The first-order valence-corrected chi connectivity index (χ1v) is 6.79. The summed E-state index contributed by atoms with van der Waals surface area (Å²) in [4.78, 5) is 16.0. The standard InChI is InChI=1S/C15H11NO3S/c1-18-15(17)14-10(8-9-19-14)6-7-13-16-11-4-2-3-5-12(11)20-13/h2-9H,1H3. The summed E-state index contributed by atoms with van der Waals surface area (Å²) in [7, 11) is 1.33. The molecule has 0 N–H and O–H groups in total. The third-order valence-corrected chi connectivity index (χ3v) is 3.78. The second-order valence-electron chi connectivity index (χ2n) is 4.05. The molecule has 0 spiro atoms. The SMILES string of the molecule is COC(=O)c1occc1C=Cc1nc2ccccc2s1. The Morgan fingerprint density at radius 1 is 1.30 bits per heavy atom. The Morgan fingerprint density at radius 2 is 2.15 bits per heavy atom. The molecule has 100 valence electrons. The van der Waals surface area contributed by atoms with Gasteiger partial charge in [-0.2, -0.15) is 0 Å². The van der Waals surface area contributed by atoms with Gasteiger partial charge in [-0.1, -0.05) is 12.1 Å². The topological polar surface area (TPSA) is 52.3 Å². The lowest BCUT2D eigenvalue weighted by Crippen LogP contribution is -2.00. The molecule has 2 aromatic heterocycles. The zero-order chi connectivity index (χ0) is 13.9. The molecule has 0 aliphatic rings. The van der Waals surface area contributed by atoms with Crippen LogP contribution in [0, 0.1) is 0 Å². The predicted molar refractivity (Wildman–Crippen MR) is 78.6 cm³/mol. The van der Waals surface area contributed by atoms with Crippen molar-refractivity contribution in [1.29, 1.82) is 0 Å². The largest absolute Gasteiger partial charge is 0.463 e. The van der Waals surface area contributed by atoms with Crippen LogP contribution in [0.5, 0.6) is 0 Å². The monoisotopic (exact) mass is 285 g/mol. The normalized spacial score (nSPS) is 11.2. The quantitative estimate of drug-likeness (QED) is 0.686. The maximum Gasteiger partial charge on any atom is 0.374 e. The van der Waals surface area contributed by atoms with E-state index in [0.717, 1.165) is 15.2 Å². The average Bonchev–Trinajstić information content (AvgIpc) is 3.10. The molecule has 0 bridgehead atoms. The van der Waals surface area contributed by atoms with Crippen LogP contribution in [0.1, 0.15) is 21.1 Å². The fourth-order valence-corrected chi connectivity index (χ4v) is 2.70. The van der Waals surface area contributed by atoms with Gasteiger partial charge in [0, 0.05) is 5.56 Å². The summed E-state index contributed by atoms with van der Waals surface area (Å²) in [5.41, 5.74) is 1.65. The average molecular weight is 285 g/mol. The molecule has 0 amide bonds. The maximum absolute atomic E-state index is 11.5. The van der Waals surface area contributed by atoms with Crippen molar-refractivity contribution >= 4 is 39.7 Å². The second kappa shape index (κ2) is 5.30. The van der Waals surface area contributed by atoms with Crippen LogP contribution in [-0.4, -0.2) is 18.1 Å². The van der Waals surface area contributed by atoms with Crippen molar-refractivity contribution in [1.82, 2.24) is 4.98 Å². The van der Waals surface area contributed by atoms with Crippen molar-refractivity contribution in [2.24, 2.45) is 0 Å². The zero-order valence-electron chi connectivity index (χ0n) is 10.7. The van der Waals surface area contributed by atoms with Crippen molar-refractivity contribution in [3.63, 3.8) is 0 Å². The van der Waals surface area contributed by atoms with Gasteiger partial charge in [0.2, 0.25) is 5.76 Å². The van der Waals surface area contributed by atoms with Gasteiger partial charge < -0.3 is 9.15 Å². The van der Waals surface area contributed by atoms with E-state index in [2.05, 4.69) is 9.72 Å². The molecule has 3 aromatic rings. The minimum atomic E-state index is -0.487. The van der Waals surface area contributed by atoms with Gasteiger partial charge in [0.15, 0.2) is 0 Å². The Balaban J connectivity index is 1.90. The Hall–Kier alpha value is -2.40. The Bertz CT molecular complexity index is 752. The molecule has 5 heteroatoms.